The fraction of sp³-hybridized carbons (Fsp3) is 0.308. The van der Waals surface area contributed by atoms with E-state index in [1.165, 1.54) is 0 Å². The highest BCUT2D eigenvalue weighted by Gasteiger charge is 2.12. The van der Waals surface area contributed by atoms with Crippen LogP contribution in [0.5, 0.6) is 0 Å². The number of rotatable bonds is 4. The first-order chi connectivity index (χ1) is 8.12. The summed E-state index contributed by atoms with van der Waals surface area (Å²) in [5.41, 5.74) is -0.134. The highest BCUT2D eigenvalue weighted by atomic mass is 19.1. The molecule has 0 aromatic heterocycles. The van der Waals surface area contributed by atoms with E-state index in [1.807, 2.05) is 6.92 Å². The summed E-state index contributed by atoms with van der Waals surface area (Å²) in [5, 5.41) is 11.4. The van der Waals surface area contributed by atoms with E-state index < -0.39 is 11.6 Å². The topological polar surface area (TPSA) is 35.8 Å². The Hall–Kier alpha value is -1.91. The molecule has 17 heavy (non-hydrogen) atoms. The second-order valence-electron chi connectivity index (χ2n) is 3.54. The molecule has 1 aromatic carbocycles. The molecule has 0 amide bonds. The number of nitriles is 1. The monoisotopic (exact) mass is 234 g/mol. The van der Waals surface area contributed by atoms with Crippen molar-refractivity contribution < 1.29 is 8.78 Å². The van der Waals surface area contributed by atoms with E-state index in [1.54, 1.807) is 6.07 Å². The maximum atomic E-state index is 13.5. The predicted molar refractivity (Wildman–Crippen MR) is 60.8 cm³/mol. The van der Waals surface area contributed by atoms with Gasteiger partial charge in [0, 0.05) is 12.1 Å². The molecule has 4 heteroatoms. The third-order valence-electron chi connectivity index (χ3n) is 2.40. The van der Waals surface area contributed by atoms with Crippen molar-refractivity contribution in [3.05, 3.63) is 34.9 Å². The van der Waals surface area contributed by atoms with Crippen molar-refractivity contribution in [3.8, 4) is 18.4 Å². The molecule has 0 bridgehead atoms. The van der Waals surface area contributed by atoms with Crippen molar-refractivity contribution in [2.45, 2.75) is 25.9 Å². The van der Waals surface area contributed by atoms with Crippen LogP contribution in [0.4, 0.5) is 8.78 Å². The molecule has 1 N–H and O–H groups in total. The van der Waals surface area contributed by atoms with E-state index in [2.05, 4.69) is 11.2 Å². The molecule has 0 saturated carbocycles. The van der Waals surface area contributed by atoms with Gasteiger partial charge in [0.05, 0.1) is 17.7 Å². The normalized spacial score (nSPS) is 11.6. The molecule has 1 unspecified atom stereocenters. The van der Waals surface area contributed by atoms with E-state index in [0.717, 1.165) is 12.1 Å². The zero-order chi connectivity index (χ0) is 12.8. The third kappa shape index (κ3) is 3.27. The Kier molecular flexibility index (Phi) is 4.63. The second-order valence-corrected chi connectivity index (χ2v) is 3.54. The second kappa shape index (κ2) is 5.98. The first-order valence-electron chi connectivity index (χ1n) is 5.19. The molecule has 1 aromatic rings. The molecule has 0 aliphatic rings. The fourth-order valence-electron chi connectivity index (χ4n) is 1.38. The maximum absolute atomic E-state index is 13.5. The van der Waals surface area contributed by atoms with Crippen LogP contribution in [0, 0.1) is 35.3 Å². The van der Waals surface area contributed by atoms with Gasteiger partial charge in [0.15, 0.2) is 0 Å². The summed E-state index contributed by atoms with van der Waals surface area (Å²) in [6.07, 6.45) is 5.90. The summed E-state index contributed by atoms with van der Waals surface area (Å²) in [4.78, 5) is 0. The molecule has 0 radical (unpaired) electrons. The molecule has 1 rings (SSSR count). The van der Waals surface area contributed by atoms with Crippen molar-refractivity contribution in [2.75, 3.05) is 0 Å². The molecule has 0 spiro atoms. The average Bonchev–Trinajstić information content (AvgIpc) is 2.32. The summed E-state index contributed by atoms with van der Waals surface area (Å²) >= 11 is 0. The summed E-state index contributed by atoms with van der Waals surface area (Å²) < 4.78 is 26.9. The van der Waals surface area contributed by atoms with E-state index >= 15 is 0 Å². The first kappa shape index (κ1) is 13.2. The summed E-state index contributed by atoms with van der Waals surface area (Å²) in [7, 11) is 0. The van der Waals surface area contributed by atoms with E-state index in [4.69, 9.17) is 11.7 Å². The molecule has 2 nitrogen and oxygen atoms in total. The Labute approximate surface area is 99.3 Å². The highest BCUT2D eigenvalue weighted by molar-refractivity contribution is 5.34. The molecule has 0 fully saturated rings. The van der Waals surface area contributed by atoms with Gasteiger partial charge in [-0.15, -0.1) is 6.42 Å². The lowest BCUT2D eigenvalue weighted by Crippen LogP contribution is -2.27. The predicted octanol–water partition coefficient (Wildman–Crippen LogP) is 2.34. The van der Waals surface area contributed by atoms with Crippen molar-refractivity contribution >= 4 is 0 Å². The van der Waals surface area contributed by atoms with Crippen LogP contribution in [-0.2, 0) is 6.54 Å². The minimum absolute atomic E-state index is 0.00603. The molecule has 1 atom stereocenters. The summed E-state index contributed by atoms with van der Waals surface area (Å²) in [6, 6.07) is 3.49. The van der Waals surface area contributed by atoms with Crippen LogP contribution in [0.15, 0.2) is 12.1 Å². The Morgan fingerprint density at radius 3 is 2.41 bits per heavy atom. The highest BCUT2D eigenvalue weighted by Crippen LogP contribution is 2.15. The van der Waals surface area contributed by atoms with Gasteiger partial charge in [0.25, 0.3) is 0 Å². The smallest absolute Gasteiger partial charge is 0.131 e. The number of terminal acetylenes is 1. The van der Waals surface area contributed by atoms with Crippen molar-refractivity contribution in [3.63, 3.8) is 0 Å². The molecule has 0 aliphatic carbocycles. The number of hydrogen-bond acceptors (Lipinski definition) is 2. The van der Waals surface area contributed by atoms with Crippen LogP contribution < -0.4 is 5.32 Å². The summed E-state index contributed by atoms with van der Waals surface area (Å²) in [5.74, 6) is 1.00. The van der Waals surface area contributed by atoms with Gasteiger partial charge in [-0.1, -0.05) is 12.8 Å². The molecule has 0 aliphatic heterocycles. The number of nitrogens with one attached hydrogen (secondary N) is 1. The van der Waals surface area contributed by atoms with Crippen LogP contribution in [0.1, 0.15) is 24.5 Å². The first-order valence-corrected chi connectivity index (χ1v) is 5.19. The number of hydrogen-bond donors (Lipinski definition) is 1. The van der Waals surface area contributed by atoms with Gasteiger partial charge < -0.3 is 0 Å². The van der Waals surface area contributed by atoms with Gasteiger partial charge in [0.2, 0.25) is 0 Å². The van der Waals surface area contributed by atoms with Crippen LogP contribution in [0.25, 0.3) is 0 Å². The van der Waals surface area contributed by atoms with Crippen LogP contribution >= 0.6 is 0 Å². The Morgan fingerprint density at radius 1 is 1.41 bits per heavy atom. The zero-order valence-corrected chi connectivity index (χ0v) is 9.43. The Morgan fingerprint density at radius 2 is 2.00 bits per heavy atom. The number of nitrogens with zero attached hydrogens (tertiary/aromatic N) is 1. The molecule has 0 saturated heterocycles. The molecular formula is C13H12F2N2. The van der Waals surface area contributed by atoms with Crippen LogP contribution in [0.3, 0.4) is 0 Å². The third-order valence-corrected chi connectivity index (χ3v) is 2.40. The maximum Gasteiger partial charge on any atom is 0.131 e. The van der Waals surface area contributed by atoms with Crippen LogP contribution in [0.2, 0.25) is 0 Å². The molecular weight excluding hydrogens is 222 g/mol. The van der Waals surface area contributed by atoms with Gasteiger partial charge in [-0.2, -0.15) is 5.26 Å². The zero-order valence-electron chi connectivity index (χ0n) is 9.43. The van der Waals surface area contributed by atoms with Gasteiger partial charge in [0.1, 0.15) is 11.6 Å². The lowest BCUT2D eigenvalue weighted by atomic mass is 10.1. The number of halogens is 2. The standard InChI is InChI=1S/C13H12F2N2/c1-3-10(4-2)17-8-11-12(14)5-9(7-16)6-13(11)15/h1,5-6,10,17H,4,8H2,2H3. The molecule has 88 valence electrons. The SMILES string of the molecule is C#CC(CC)NCc1c(F)cc(C#N)cc1F. The van der Waals surface area contributed by atoms with E-state index in [9.17, 15) is 8.78 Å². The van der Waals surface area contributed by atoms with Gasteiger partial charge in [-0.05, 0) is 18.6 Å². The van der Waals surface area contributed by atoms with Crippen LogP contribution in [-0.4, -0.2) is 6.04 Å². The van der Waals surface area contributed by atoms with E-state index in [-0.39, 0.29) is 23.7 Å². The average molecular weight is 234 g/mol. The summed E-state index contributed by atoms with van der Waals surface area (Å²) in [6.45, 7) is 1.88. The lowest BCUT2D eigenvalue weighted by molar-refractivity contribution is 0.517. The lowest BCUT2D eigenvalue weighted by Gasteiger charge is -2.11. The minimum atomic E-state index is -0.735. The van der Waals surface area contributed by atoms with Gasteiger partial charge in [-0.25, -0.2) is 8.78 Å². The largest absolute Gasteiger partial charge is 0.299 e. The van der Waals surface area contributed by atoms with Crippen molar-refractivity contribution in [1.29, 1.82) is 5.26 Å². The molecule has 0 heterocycles. The van der Waals surface area contributed by atoms with Crippen molar-refractivity contribution in [2.24, 2.45) is 0 Å². The minimum Gasteiger partial charge on any atom is -0.299 e. The van der Waals surface area contributed by atoms with E-state index in [0.29, 0.717) is 6.42 Å². The van der Waals surface area contributed by atoms with Crippen molar-refractivity contribution in [1.82, 2.24) is 5.32 Å². The quantitative estimate of drug-likeness (QED) is 0.812. The Bertz CT molecular complexity index is 460. The fourth-order valence-corrected chi connectivity index (χ4v) is 1.38. The Balaban J connectivity index is 2.86. The number of benzene rings is 1. The van der Waals surface area contributed by atoms with Gasteiger partial charge >= 0.3 is 0 Å². The van der Waals surface area contributed by atoms with Gasteiger partial charge in [-0.3, -0.25) is 5.32 Å².